The minimum atomic E-state index is -0.357. The van der Waals surface area contributed by atoms with E-state index in [1.807, 2.05) is 6.92 Å². The van der Waals surface area contributed by atoms with Crippen LogP contribution < -0.4 is 5.32 Å². The highest BCUT2D eigenvalue weighted by atomic mass is 16.5. The summed E-state index contributed by atoms with van der Waals surface area (Å²) in [6.07, 6.45) is 10.8. The molecular weight excluding hydrogens is 358 g/mol. The predicted octanol–water partition coefficient (Wildman–Crippen LogP) is 3.95. The van der Waals surface area contributed by atoms with E-state index in [2.05, 4.69) is 5.32 Å². The van der Waals surface area contributed by atoms with E-state index in [4.69, 9.17) is 9.47 Å². The van der Waals surface area contributed by atoms with Gasteiger partial charge in [-0.1, -0.05) is 44.9 Å². The average molecular weight is 398 g/mol. The second-order valence-electron chi connectivity index (χ2n) is 7.66. The number of hydrogen-bond donors (Lipinski definition) is 1. The van der Waals surface area contributed by atoms with Gasteiger partial charge in [-0.3, -0.25) is 14.4 Å². The van der Waals surface area contributed by atoms with Gasteiger partial charge in [-0.25, -0.2) is 0 Å². The molecule has 162 valence electrons. The van der Waals surface area contributed by atoms with Crippen molar-refractivity contribution in [3.63, 3.8) is 0 Å². The number of carbonyl (C=O) groups is 3. The molecule has 0 amide bonds. The first-order chi connectivity index (χ1) is 13.6. The van der Waals surface area contributed by atoms with Crippen LogP contribution in [0.25, 0.3) is 0 Å². The quantitative estimate of drug-likeness (QED) is 0.314. The van der Waals surface area contributed by atoms with Crippen LogP contribution in [0.15, 0.2) is 0 Å². The molecule has 0 aliphatic heterocycles. The summed E-state index contributed by atoms with van der Waals surface area (Å²) in [5.74, 6) is 0.483. The highest BCUT2D eigenvalue weighted by Crippen LogP contribution is 2.27. The Balaban J connectivity index is 2.21. The summed E-state index contributed by atoms with van der Waals surface area (Å²) in [5.41, 5.74) is 0. The van der Waals surface area contributed by atoms with Crippen LogP contribution in [0.2, 0.25) is 0 Å². The number of Topliss-reactive ketones (excluding diaryl/α,β-unsaturated/α-hetero) is 1. The van der Waals surface area contributed by atoms with Crippen LogP contribution in [-0.2, 0) is 23.9 Å². The smallest absolute Gasteiger partial charge is 0.323 e. The van der Waals surface area contributed by atoms with Gasteiger partial charge in [-0.15, -0.1) is 0 Å². The summed E-state index contributed by atoms with van der Waals surface area (Å²) >= 11 is 0. The average Bonchev–Trinajstić information content (AvgIpc) is 3.16. The number of unbranched alkanes of at least 4 members (excludes halogenated alkanes) is 3. The van der Waals surface area contributed by atoms with Crippen LogP contribution >= 0.6 is 0 Å². The fourth-order valence-corrected chi connectivity index (χ4v) is 3.77. The van der Waals surface area contributed by atoms with E-state index >= 15 is 0 Å². The number of nitrogens with one attached hydrogen (secondary N) is 1. The maximum absolute atomic E-state index is 12.1. The van der Waals surface area contributed by atoms with Gasteiger partial charge >= 0.3 is 11.9 Å². The van der Waals surface area contributed by atoms with E-state index in [9.17, 15) is 14.4 Å². The predicted molar refractivity (Wildman–Crippen MR) is 109 cm³/mol. The molecule has 1 atom stereocenters. The van der Waals surface area contributed by atoms with Gasteiger partial charge in [0.15, 0.2) is 0 Å². The molecule has 6 nitrogen and oxygen atoms in total. The summed E-state index contributed by atoms with van der Waals surface area (Å²) in [5, 5.41) is 3.22. The normalized spacial score (nSPS) is 15.4. The van der Waals surface area contributed by atoms with Crippen LogP contribution in [-0.4, -0.2) is 43.5 Å². The molecule has 1 N–H and O–H groups in total. The van der Waals surface area contributed by atoms with Crippen LogP contribution in [0, 0.1) is 5.92 Å². The molecule has 1 fully saturated rings. The molecule has 1 aliphatic rings. The Bertz CT molecular complexity index is 460. The Morgan fingerprint density at radius 3 is 2.29 bits per heavy atom. The van der Waals surface area contributed by atoms with Gasteiger partial charge < -0.3 is 14.8 Å². The monoisotopic (exact) mass is 397 g/mol. The summed E-state index contributed by atoms with van der Waals surface area (Å²) in [7, 11) is 0. The van der Waals surface area contributed by atoms with Crippen LogP contribution in [0.4, 0.5) is 0 Å². The number of rotatable bonds is 16. The third-order valence-corrected chi connectivity index (χ3v) is 5.29. The third-order valence-electron chi connectivity index (χ3n) is 5.29. The van der Waals surface area contributed by atoms with Crippen molar-refractivity contribution in [3.05, 3.63) is 0 Å². The van der Waals surface area contributed by atoms with E-state index < -0.39 is 0 Å². The summed E-state index contributed by atoms with van der Waals surface area (Å²) in [6.45, 7) is 4.92. The van der Waals surface area contributed by atoms with Crippen molar-refractivity contribution < 1.29 is 23.9 Å². The molecule has 0 bridgehead atoms. The van der Waals surface area contributed by atoms with Gasteiger partial charge in [0.2, 0.25) is 0 Å². The SMILES string of the molecule is CCOC(=O)CCCCCCC(NCCC(=O)CC1CCCC1)C(=O)OCC. The Hall–Kier alpha value is -1.43. The zero-order valence-corrected chi connectivity index (χ0v) is 17.8. The third kappa shape index (κ3) is 11.4. The van der Waals surface area contributed by atoms with E-state index in [0.717, 1.165) is 25.7 Å². The molecule has 0 heterocycles. The summed E-state index contributed by atoms with van der Waals surface area (Å²) < 4.78 is 10.1. The van der Waals surface area contributed by atoms with Crippen molar-refractivity contribution in [2.45, 2.75) is 96.9 Å². The van der Waals surface area contributed by atoms with Crippen molar-refractivity contribution in [1.82, 2.24) is 5.32 Å². The van der Waals surface area contributed by atoms with Crippen molar-refractivity contribution >= 4 is 17.7 Å². The summed E-state index contributed by atoms with van der Waals surface area (Å²) in [4.78, 5) is 35.6. The van der Waals surface area contributed by atoms with E-state index in [1.54, 1.807) is 6.92 Å². The summed E-state index contributed by atoms with van der Waals surface area (Å²) in [6, 6.07) is -0.357. The van der Waals surface area contributed by atoms with Crippen molar-refractivity contribution in [1.29, 1.82) is 0 Å². The van der Waals surface area contributed by atoms with Crippen LogP contribution in [0.5, 0.6) is 0 Å². The number of ether oxygens (including phenoxy) is 2. The van der Waals surface area contributed by atoms with Crippen molar-refractivity contribution in [2.24, 2.45) is 5.92 Å². The Morgan fingerprint density at radius 2 is 1.61 bits per heavy atom. The second kappa shape index (κ2) is 15.5. The molecule has 1 rings (SSSR count). The van der Waals surface area contributed by atoms with Gasteiger partial charge in [0.1, 0.15) is 11.8 Å². The minimum absolute atomic E-state index is 0.143. The molecule has 1 aliphatic carbocycles. The fourth-order valence-electron chi connectivity index (χ4n) is 3.77. The van der Waals surface area contributed by atoms with Gasteiger partial charge in [-0.2, -0.15) is 0 Å². The molecule has 6 heteroatoms. The Morgan fingerprint density at radius 1 is 0.929 bits per heavy atom. The lowest BCUT2D eigenvalue weighted by molar-refractivity contribution is -0.146. The van der Waals surface area contributed by atoms with E-state index in [1.165, 1.54) is 25.7 Å². The molecular formula is C22H39NO5. The first-order valence-corrected chi connectivity index (χ1v) is 11.1. The lowest BCUT2D eigenvalue weighted by Gasteiger charge is -2.17. The first-order valence-electron chi connectivity index (χ1n) is 11.1. The minimum Gasteiger partial charge on any atom is -0.466 e. The molecule has 1 saturated carbocycles. The number of hydrogen-bond acceptors (Lipinski definition) is 6. The number of esters is 2. The molecule has 0 radical (unpaired) electrons. The Labute approximate surface area is 170 Å². The van der Waals surface area contributed by atoms with Gasteiger partial charge in [-0.05, 0) is 32.6 Å². The maximum atomic E-state index is 12.1. The zero-order valence-electron chi connectivity index (χ0n) is 17.8. The van der Waals surface area contributed by atoms with Gasteiger partial charge in [0, 0.05) is 25.8 Å². The largest absolute Gasteiger partial charge is 0.466 e. The van der Waals surface area contributed by atoms with Gasteiger partial charge in [0.25, 0.3) is 0 Å². The standard InChI is InChI=1S/C22H39NO5/c1-3-27-21(25)14-8-6-5-7-13-20(22(26)28-4-2)23-16-15-19(24)17-18-11-9-10-12-18/h18,20,23H,3-17H2,1-2H3. The van der Waals surface area contributed by atoms with Crippen molar-refractivity contribution in [2.75, 3.05) is 19.8 Å². The van der Waals surface area contributed by atoms with E-state index in [-0.39, 0.29) is 18.0 Å². The maximum Gasteiger partial charge on any atom is 0.323 e. The fraction of sp³-hybridized carbons (Fsp3) is 0.864. The highest BCUT2D eigenvalue weighted by Gasteiger charge is 2.21. The van der Waals surface area contributed by atoms with Gasteiger partial charge in [0.05, 0.1) is 13.2 Å². The van der Waals surface area contributed by atoms with Crippen molar-refractivity contribution in [3.8, 4) is 0 Å². The highest BCUT2D eigenvalue weighted by molar-refractivity contribution is 5.79. The molecule has 0 aromatic carbocycles. The van der Waals surface area contributed by atoms with Crippen LogP contribution in [0.3, 0.4) is 0 Å². The van der Waals surface area contributed by atoms with E-state index in [0.29, 0.717) is 57.1 Å². The molecule has 0 spiro atoms. The molecule has 0 aromatic heterocycles. The number of ketones is 1. The number of carbonyl (C=O) groups excluding carboxylic acids is 3. The Kier molecular flexibility index (Phi) is 13.6. The second-order valence-corrected chi connectivity index (χ2v) is 7.66. The lowest BCUT2D eigenvalue weighted by atomic mass is 9.99. The lowest BCUT2D eigenvalue weighted by Crippen LogP contribution is -2.39. The molecule has 0 saturated heterocycles. The molecule has 28 heavy (non-hydrogen) atoms. The topological polar surface area (TPSA) is 81.7 Å². The van der Waals surface area contributed by atoms with Crippen LogP contribution in [0.1, 0.15) is 90.9 Å². The molecule has 1 unspecified atom stereocenters. The first kappa shape index (κ1) is 24.6. The zero-order chi connectivity index (χ0) is 20.6. The molecule has 0 aromatic rings.